The molecule has 18 heavy (non-hydrogen) atoms. The molecule has 0 amide bonds. The molecule has 1 aromatic rings. The Kier molecular flexibility index (Phi) is 8.80. The molecule has 1 heterocycles. The number of rotatable bonds is 4. The summed E-state index contributed by atoms with van der Waals surface area (Å²) in [5.74, 6) is 1.62. The van der Waals surface area contributed by atoms with Crippen molar-refractivity contribution in [3.8, 4) is 0 Å². The molecule has 0 aromatic carbocycles. The summed E-state index contributed by atoms with van der Waals surface area (Å²) in [4.78, 5) is 12.6. The molecule has 0 aliphatic heterocycles. The highest BCUT2D eigenvalue weighted by atomic mass is 15.0. The van der Waals surface area contributed by atoms with E-state index in [0.29, 0.717) is 0 Å². The lowest BCUT2D eigenvalue weighted by atomic mass is 10.3. The number of aromatic nitrogens is 2. The molecule has 4 nitrogen and oxygen atoms in total. The van der Waals surface area contributed by atoms with Crippen LogP contribution in [-0.4, -0.2) is 23.2 Å². The topological polar surface area (TPSA) is 50.2 Å². The normalized spacial score (nSPS) is 10.4. The van der Waals surface area contributed by atoms with E-state index in [9.17, 15) is 0 Å². The number of anilines is 1. The van der Waals surface area contributed by atoms with Gasteiger partial charge >= 0.3 is 0 Å². The van der Waals surface area contributed by atoms with Gasteiger partial charge in [-0.15, -0.1) is 0 Å². The van der Waals surface area contributed by atoms with E-state index in [1.54, 1.807) is 6.33 Å². The van der Waals surface area contributed by atoms with Crippen LogP contribution in [0.2, 0.25) is 0 Å². The molecule has 1 aromatic heterocycles. The van der Waals surface area contributed by atoms with Crippen molar-refractivity contribution in [2.75, 3.05) is 12.4 Å². The highest BCUT2D eigenvalue weighted by Gasteiger charge is 2.03. The second-order valence-electron chi connectivity index (χ2n) is 4.74. The average molecular weight is 250 g/mol. The second kappa shape index (κ2) is 9.57. The summed E-state index contributed by atoms with van der Waals surface area (Å²) in [7, 11) is 1.83. The van der Waals surface area contributed by atoms with Gasteiger partial charge in [-0.25, -0.2) is 9.97 Å². The van der Waals surface area contributed by atoms with Crippen molar-refractivity contribution < 1.29 is 0 Å². The van der Waals surface area contributed by atoms with Crippen LogP contribution in [0.15, 0.2) is 11.3 Å². The molecule has 0 saturated heterocycles. The van der Waals surface area contributed by atoms with E-state index in [1.807, 2.05) is 20.2 Å². The van der Waals surface area contributed by atoms with Crippen LogP contribution in [0.25, 0.3) is 0 Å². The van der Waals surface area contributed by atoms with E-state index in [-0.39, 0.29) is 0 Å². The van der Waals surface area contributed by atoms with Gasteiger partial charge in [0.15, 0.2) is 5.82 Å². The van der Waals surface area contributed by atoms with Gasteiger partial charge in [-0.05, 0) is 19.3 Å². The monoisotopic (exact) mass is 250 g/mol. The average Bonchev–Trinajstić information content (AvgIpc) is 2.30. The van der Waals surface area contributed by atoms with Crippen LogP contribution in [0.1, 0.15) is 46.2 Å². The minimum Gasteiger partial charge on any atom is -0.371 e. The molecule has 1 N–H and O–H groups in total. The Balaban J connectivity index is 0.000000631. The zero-order chi connectivity index (χ0) is 14.0. The summed E-state index contributed by atoms with van der Waals surface area (Å²) in [5.41, 5.74) is 1.74. The summed E-state index contributed by atoms with van der Waals surface area (Å²) < 4.78 is 0. The Labute approximate surface area is 111 Å². The lowest BCUT2D eigenvalue weighted by Gasteiger charge is -2.04. The molecular formula is C14H26N4. The van der Waals surface area contributed by atoms with Gasteiger partial charge in [-0.2, -0.15) is 0 Å². The number of aryl methyl sites for hydroxylation is 1. The van der Waals surface area contributed by atoms with Crippen LogP contribution >= 0.6 is 0 Å². The lowest BCUT2D eigenvalue weighted by molar-refractivity contribution is 0.737. The van der Waals surface area contributed by atoms with Crippen LogP contribution in [0.5, 0.6) is 0 Å². The Bertz CT molecular complexity index is 356. The van der Waals surface area contributed by atoms with Gasteiger partial charge in [0.25, 0.3) is 0 Å². The lowest BCUT2D eigenvalue weighted by Crippen LogP contribution is -1.95. The van der Waals surface area contributed by atoms with Crippen molar-refractivity contribution in [2.24, 2.45) is 10.9 Å². The third-order valence-corrected chi connectivity index (χ3v) is 1.88. The van der Waals surface area contributed by atoms with Crippen molar-refractivity contribution in [2.45, 2.75) is 47.5 Å². The molecule has 4 heteroatoms. The molecule has 0 atom stereocenters. The first-order valence-electron chi connectivity index (χ1n) is 6.54. The van der Waals surface area contributed by atoms with E-state index in [1.165, 1.54) is 0 Å². The molecule has 0 unspecified atom stereocenters. The summed E-state index contributed by atoms with van der Waals surface area (Å²) in [6.07, 6.45) is 5.54. The first kappa shape index (κ1) is 16.6. The van der Waals surface area contributed by atoms with Gasteiger partial charge < -0.3 is 5.32 Å². The maximum absolute atomic E-state index is 4.35. The molecular weight excluding hydrogens is 224 g/mol. The molecule has 0 saturated carbocycles. The van der Waals surface area contributed by atoms with Gasteiger partial charge in [0.1, 0.15) is 12.0 Å². The predicted octanol–water partition coefficient (Wildman–Crippen LogP) is 3.99. The largest absolute Gasteiger partial charge is 0.371 e. The Morgan fingerprint density at radius 2 is 1.94 bits per heavy atom. The van der Waals surface area contributed by atoms with Crippen LogP contribution in [0.3, 0.4) is 0 Å². The van der Waals surface area contributed by atoms with Crippen LogP contribution in [0.4, 0.5) is 11.5 Å². The number of nitrogens with one attached hydrogen (secondary N) is 1. The van der Waals surface area contributed by atoms with Crippen molar-refractivity contribution in [3.05, 3.63) is 12.0 Å². The van der Waals surface area contributed by atoms with E-state index in [0.717, 1.165) is 36.0 Å². The zero-order valence-corrected chi connectivity index (χ0v) is 12.5. The van der Waals surface area contributed by atoms with E-state index in [4.69, 9.17) is 0 Å². The van der Waals surface area contributed by atoms with Gasteiger partial charge in [-0.3, -0.25) is 4.99 Å². The second-order valence-corrected chi connectivity index (χ2v) is 4.74. The molecule has 102 valence electrons. The maximum Gasteiger partial charge on any atom is 0.155 e. The van der Waals surface area contributed by atoms with E-state index >= 15 is 0 Å². The number of aliphatic imine (C=N–C) groups is 1. The molecule has 0 aliphatic rings. The third-order valence-electron chi connectivity index (χ3n) is 1.88. The molecule has 0 radical (unpaired) electrons. The van der Waals surface area contributed by atoms with Crippen molar-refractivity contribution in [1.82, 2.24) is 9.97 Å². The van der Waals surface area contributed by atoms with Crippen molar-refractivity contribution in [1.29, 1.82) is 0 Å². The minimum absolute atomic E-state index is 0.782. The fraction of sp³-hybridized carbons (Fsp3) is 0.643. The summed E-state index contributed by atoms with van der Waals surface area (Å²) in [6.45, 7) is 10.6. The minimum atomic E-state index is 0.782. The maximum atomic E-state index is 4.35. The fourth-order valence-electron chi connectivity index (χ4n) is 1.09. The van der Waals surface area contributed by atoms with Gasteiger partial charge in [0.05, 0.1) is 5.69 Å². The quantitative estimate of drug-likeness (QED) is 0.822. The SMILES string of the molecule is CC(C)C.CCCC=Nc1c(C)ncnc1NC. The summed E-state index contributed by atoms with van der Waals surface area (Å²) in [6, 6.07) is 0. The Morgan fingerprint density at radius 3 is 2.44 bits per heavy atom. The molecule has 1 rings (SSSR count). The van der Waals surface area contributed by atoms with E-state index < -0.39 is 0 Å². The molecule has 0 aliphatic carbocycles. The third kappa shape index (κ3) is 6.99. The summed E-state index contributed by atoms with van der Waals surface area (Å²) in [5, 5.41) is 3.00. The fourth-order valence-corrected chi connectivity index (χ4v) is 1.09. The highest BCUT2D eigenvalue weighted by Crippen LogP contribution is 2.23. The van der Waals surface area contributed by atoms with Gasteiger partial charge in [0, 0.05) is 13.3 Å². The summed E-state index contributed by atoms with van der Waals surface area (Å²) >= 11 is 0. The number of hydrogen-bond acceptors (Lipinski definition) is 4. The van der Waals surface area contributed by atoms with Gasteiger partial charge in [-0.1, -0.05) is 34.1 Å². The highest BCUT2D eigenvalue weighted by molar-refractivity contribution is 5.71. The Morgan fingerprint density at radius 1 is 1.33 bits per heavy atom. The molecule has 0 fully saturated rings. The van der Waals surface area contributed by atoms with Crippen LogP contribution in [0, 0.1) is 12.8 Å². The molecule has 0 bridgehead atoms. The molecule has 0 spiro atoms. The van der Waals surface area contributed by atoms with Gasteiger partial charge in [0.2, 0.25) is 0 Å². The van der Waals surface area contributed by atoms with Crippen LogP contribution < -0.4 is 5.32 Å². The van der Waals surface area contributed by atoms with Crippen molar-refractivity contribution >= 4 is 17.7 Å². The predicted molar refractivity (Wildman–Crippen MR) is 79.9 cm³/mol. The van der Waals surface area contributed by atoms with Crippen molar-refractivity contribution in [3.63, 3.8) is 0 Å². The van der Waals surface area contributed by atoms with E-state index in [2.05, 4.69) is 48.0 Å². The zero-order valence-electron chi connectivity index (χ0n) is 12.5. The standard InChI is InChI=1S/C10H16N4.C4H10/c1-4-5-6-12-9-8(2)13-7-14-10(9)11-3;1-4(2)3/h6-7H,4-5H2,1-3H3,(H,11,13,14);4H,1-3H3. The number of hydrogen-bond donors (Lipinski definition) is 1. The number of nitrogens with zero attached hydrogens (tertiary/aromatic N) is 3. The number of unbranched alkanes of at least 4 members (excludes halogenated alkanes) is 1. The smallest absolute Gasteiger partial charge is 0.155 e. The first-order chi connectivity index (χ1) is 8.52. The van der Waals surface area contributed by atoms with Crippen LogP contribution in [-0.2, 0) is 0 Å². The Hall–Kier alpha value is -1.45. The first-order valence-corrected chi connectivity index (χ1v) is 6.54.